The van der Waals surface area contributed by atoms with E-state index in [2.05, 4.69) is 22.4 Å². The van der Waals surface area contributed by atoms with Gasteiger partial charge < -0.3 is 5.32 Å². The number of H-pyrrole nitrogens is 1. The van der Waals surface area contributed by atoms with Crippen LogP contribution in [-0.4, -0.2) is 33.6 Å². The third-order valence-corrected chi connectivity index (χ3v) is 3.18. The van der Waals surface area contributed by atoms with Crippen LogP contribution in [0.25, 0.3) is 0 Å². The Morgan fingerprint density at radius 2 is 2.43 bits per heavy atom. The number of nitrogens with one attached hydrogen (secondary N) is 2. The molecule has 1 unspecified atom stereocenters. The van der Waals surface area contributed by atoms with Crippen LogP contribution >= 0.6 is 11.8 Å². The third kappa shape index (κ3) is 2.88. The summed E-state index contributed by atoms with van der Waals surface area (Å²) in [4.78, 5) is 11.0. The van der Waals surface area contributed by atoms with E-state index in [-0.39, 0.29) is 5.69 Å². The molecule has 14 heavy (non-hydrogen) atoms. The molecule has 2 N–H and O–H groups in total. The van der Waals surface area contributed by atoms with Crippen LogP contribution in [0.5, 0.6) is 0 Å². The van der Waals surface area contributed by atoms with Gasteiger partial charge in [0, 0.05) is 18.8 Å². The molecule has 1 atom stereocenters. The van der Waals surface area contributed by atoms with Crippen LogP contribution < -0.4 is 11.0 Å². The molecule has 0 saturated heterocycles. The van der Waals surface area contributed by atoms with Crippen LogP contribution in [0.3, 0.4) is 0 Å². The molecule has 0 amide bonds. The lowest BCUT2D eigenvalue weighted by molar-refractivity contribution is 0.597. The van der Waals surface area contributed by atoms with Crippen molar-refractivity contribution in [2.24, 2.45) is 7.05 Å². The van der Waals surface area contributed by atoms with Crippen LogP contribution in [0.15, 0.2) is 9.95 Å². The van der Waals surface area contributed by atoms with Crippen molar-refractivity contribution in [1.29, 1.82) is 0 Å². The summed E-state index contributed by atoms with van der Waals surface area (Å²) in [6.45, 7) is 2.13. The monoisotopic (exact) mass is 216 g/mol. The quantitative estimate of drug-likeness (QED) is 0.690. The van der Waals surface area contributed by atoms with Crippen molar-refractivity contribution >= 4 is 11.8 Å². The number of hydrogen-bond acceptors (Lipinski definition) is 4. The van der Waals surface area contributed by atoms with Gasteiger partial charge in [-0.05, 0) is 20.4 Å². The van der Waals surface area contributed by atoms with Gasteiger partial charge in [-0.1, -0.05) is 11.8 Å². The fourth-order valence-electron chi connectivity index (χ4n) is 0.933. The fourth-order valence-corrected chi connectivity index (χ4v) is 1.97. The van der Waals surface area contributed by atoms with E-state index >= 15 is 0 Å². The van der Waals surface area contributed by atoms with Crippen molar-refractivity contribution in [3.63, 3.8) is 0 Å². The highest BCUT2D eigenvalue weighted by Crippen LogP contribution is 2.13. The van der Waals surface area contributed by atoms with Gasteiger partial charge in [-0.3, -0.25) is 4.57 Å². The Bertz CT molecular complexity index is 332. The minimum Gasteiger partial charge on any atom is -0.317 e. The van der Waals surface area contributed by atoms with Crippen LogP contribution in [-0.2, 0) is 7.05 Å². The maximum atomic E-state index is 11.0. The van der Waals surface area contributed by atoms with Crippen molar-refractivity contribution < 1.29 is 0 Å². The number of aromatic nitrogens is 3. The van der Waals surface area contributed by atoms with Crippen molar-refractivity contribution in [2.45, 2.75) is 24.5 Å². The average molecular weight is 216 g/mol. The van der Waals surface area contributed by atoms with Crippen LogP contribution in [0.4, 0.5) is 0 Å². The Labute approximate surface area is 87.3 Å². The maximum absolute atomic E-state index is 11.0. The van der Waals surface area contributed by atoms with Crippen LogP contribution in [0.1, 0.15) is 13.3 Å². The molecule has 0 aliphatic rings. The number of hydrogen-bond donors (Lipinski definition) is 2. The molecule has 5 nitrogen and oxygen atoms in total. The van der Waals surface area contributed by atoms with E-state index in [0.717, 1.165) is 17.3 Å². The lowest BCUT2D eigenvalue weighted by Gasteiger charge is -2.08. The summed E-state index contributed by atoms with van der Waals surface area (Å²) >= 11 is 1.59. The van der Waals surface area contributed by atoms with E-state index in [0.29, 0.717) is 6.04 Å². The van der Waals surface area contributed by atoms with Gasteiger partial charge in [-0.2, -0.15) is 0 Å². The van der Waals surface area contributed by atoms with Gasteiger partial charge in [-0.15, -0.1) is 5.10 Å². The van der Waals surface area contributed by atoms with E-state index in [1.807, 2.05) is 7.05 Å². The van der Waals surface area contributed by atoms with Crippen LogP contribution in [0, 0.1) is 0 Å². The van der Waals surface area contributed by atoms with Gasteiger partial charge in [0.1, 0.15) is 0 Å². The summed E-state index contributed by atoms with van der Waals surface area (Å²) in [5.74, 6) is 0.958. The highest BCUT2D eigenvalue weighted by molar-refractivity contribution is 7.99. The molecule has 1 aromatic rings. The Morgan fingerprint density at radius 3 is 2.93 bits per heavy atom. The van der Waals surface area contributed by atoms with E-state index in [1.54, 1.807) is 18.8 Å². The minimum absolute atomic E-state index is 0.158. The van der Waals surface area contributed by atoms with E-state index in [4.69, 9.17) is 0 Å². The molecular weight excluding hydrogens is 200 g/mol. The summed E-state index contributed by atoms with van der Waals surface area (Å²) in [6.07, 6.45) is 1.06. The standard InChI is InChI=1S/C8H16N4OS/c1-6(9-2)4-5-14-8-11-10-7(13)12(8)3/h6,9H,4-5H2,1-3H3,(H,10,13). The third-order valence-electron chi connectivity index (χ3n) is 2.11. The zero-order chi connectivity index (χ0) is 10.6. The Morgan fingerprint density at radius 1 is 1.71 bits per heavy atom. The fraction of sp³-hybridized carbons (Fsp3) is 0.750. The van der Waals surface area contributed by atoms with Gasteiger partial charge in [0.25, 0.3) is 0 Å². The summed E-state index contributed by atoms with van der Waals surface area (Å²) < 4.78 is 1.52. The second-order valence-corrected chi connectivity index (χ2v) is 4.26. The van der Waals surface area contributed by atoms with Crippen molar-refractivity contribution in [1.82, 2.24) is 20.1 Å². The minimum atomic E-state index is -0.158. The molecule has 1 heterocycles. The first-order valence-corrected chi connectivity index (χ1v) is 5.55. The molecule has 6 heteroatoms. The van der Waals surface area contributed by atoms with Crippen molar-refractivity contribution in [3.05, 3.63) is 10.5 Å². The molecule has 0 aromatic carbocycles. The maximum Gasteiger partial charge on any atom is 0.343 e. The summed E-state index contributed by atoms with van der Waals surface area (Å²) in [7, 11) is 3.66. The van der Waals surface area contributed by atoms with Gasteiger partial charge in [0.2, 0.25) is 0 Å². The summed E-state index contributed by atoms with van der Waals surface area (Å²) in [6, 6.07) is 0.499. The Kier molecular flexibility index (Phi) is 4.21. The summed E-state index contributed by atoms with van der Waals surface area (Å²) in [5.41, 5.74) is -0.158. The van der Waals surface area contributed by atoms with E-state index in [1.165, 1.54) is 4.57 Å². The zero-order valence-corrected chi connectivity index (χ0v) is 9.52. The molecule has 0 aliphatic carbocycles. The highest BCUT2D eigenvalue weighted by Gasteiger charge is 2.05. The number of nitrogens with zero attached hydrogens (tertiary/aromatic N) is 2. The first kappa shape index (κ1) is 11.3. The molecular formula is C8H16N4OS. The van der Waals surface area contributed by atoms with Gasteiger partial charge in [0.05, 0.1) is 0 Å². The number of thioether (sulfide) groups is 1. The smallest absolute Gasteiger partial charge is 0.317 e. The number of aromatic amines is 1. The van der Waals surface area contributed by atoms with Crippen molar-refractivity contribution in [3.8, 4) is 0 Å². The first-order chi connectivity index (χ1) is 6.65. The lowest BCUT2D eigenvalue weighted by atomic mass is 10.3. The molecule has 0 radical (unpaired) electrons. The second kappa shape index (κ2) is 5.21. The predicted molar refractivity (Wildman–Crippen MR) is 57.7 cm³/mol. The van der Waals surface area contributed by atoms with Gasteiger partial charge in [-0.25, -0.2) is 9.89 Å². The van der Waals surface area contributed by atoms with E-state index in [9.17, 15) is 4.79 Å². The molecule has 0 fully saturated rings. The molecule has 80 valence electrons. The molecule has 0 aliphatic heterocycles. The Hall–Kier alpha value is -0.750. The van der Waals surface area contributed by atoms with Crippen molar-refractivity contribution in [2.75, 3.05) is 12.8 Å². The first-order valence-electron chi connectivity index (χ1n) is 4.56. The molecule has 0 bridgehead atoms. The van der Waals surface area contributed by atoms with Gasteiger partial charge >= 0.3 is 5.69 Å². The largest absolute Gasteiger partial charge is 0.343 e. The zero-order valence-electron chi connectivity index (χ0n) is 8.70. The molecule has 1 aromatic heterocycles. The van der Waals surface area contributed by atoms with E-state index < -0.39 is 0 Å². The molecule has 1 rings (SSSR count). The SMILES string of the molecule is CNC(C)CCSc1n[nH]c(=O)n1C. The van der Waals surface area contributed by atoms with Gasteiger partial charge in [0.15, 0.2) is 5.16 Å². The normalized spacial score (nSPS) is 13.1. The topological polar surface area (TPSA) is 62.7 Å². The average Bonchev–Trinajstić information content (AvgIpc) is 2.49. The molecule has 0 spiro atoms. The highest BCUT2D eigenvalue weighted by atomic mass is 32.2. The molecule has 0 saturated carbocycles. The predicted octanol–water partition coefficient (Wildman–Crippen LogP) is 0.198. The second-order valence-electron chi connectivity index (χ2n) is 3.20. The number of rotatable bonds is 5. The lowest BCUT2D eigenvalue weighted by Crippen LogP contribution is -2.21. The summed E-state index contributed by atoms with van der Waals surface area (Å²) in [5, 5.41) is 10.2. The Balaban J connectivity index is 2.39. The van der Waals surface area contributed by atoms with Crippen LogP contribution in [0.2, 0.25) is 0 Å².